The maximum atomic E-state index is 2.60. The molecule has 2 heterocycles. The molecule has 0 bridgehead atoms. The molecule has 2 nitrogen and oxygen atoms in total. The fraction of sp³-hybridized carbons (Fsp3) is 0.324. The summed E-state index contributed by atoms with van der Waals surface area (Å²) in [5, 5.41) is 5.37. The molecule has 4 aromatic carbocycles. The van der Waals surface area contributed by atoms with Gasteiger partial charge in [0.2, 0.25) is 5.69 Å². The Morgan fingerprint density at radius 2 is 1.38 bits per heavy atom. The summed E-state index contributed by atoms with van der Waals surface area (Å²) in [7, 11) is 2.22. The van der Waals surface area contributed by atoms with Gasteiger partial charge in [0.15, 0.2) is 5.71 Å². The maximum absolute atomic E-state index is 2.60. The van der Waals surface area contributed by atoms with Crippen molar-refractivity contribution in [3.63, 3.8) is 0 Å². The highest BCUT2D eigenvalue weighted by atomic mass is 15.2. The molecular formula is C37H41N2+. The summed E-state index contributed by atoms with van der Waals surface area (Å²) in [5.41, 5.74) is 8.15. The number of benzene rings is 4. The number of unbranched alkanes of at least 4 members (excludes halogenated alkanes) is 2. The molecule has 0 fully saturated rings. The smallest absolute Gasteiger partial charge is 0.210 e. The van der Waals surface area contributed by atoms with Crippen LogP contribution in [0.2, 0.25) is 0 Å². The summed E-state index contributed by atoms with van der Waals surface area (Å²) in [5.74, 6) is 0. The number of hydrogen-bond donors (Lipinski definition) is 0. The SMILES string of the molecule is CCCCCN1C(=CC=CC2=[N+](C)c3ccc4ccccc4c3C2(C)C)C(C)(C)c2c1ccc1ccccc21. The third-order valence-electron chi connectivity index (χ3n) is 9.14. The molecule has 0 aliphatic carbocycles. The molecule has 39 heavy (non-hydrogen) atoms. The average molecular weight is 514 g/mol. The van der Waals surface area contributed by atoms with Gasteiger partial charge in [0.25, 0.3) is 0 Å². The Bertz CT molecular complexity index is 1680. The molecule has 0 saturated carbocycles. The highest BCUT2D eigenvalue weighted by molar-refractivity contribution is 6.07. The van der Waals surface area contributed by atoms with E-state index >= 15 is 0 Å². The largest absolute Gasteiger partial charge is 0.344 e. The molecule has 0 spiro atoms. The fourth-order valence-corrected chi connectivity index (χ4v) is 7.22. The second-order valence-corrected chi connectivity index (χ2v) is 12.3. The predicted octanol–water partition coefficient (Wildman–Crippen LogP) is 9.43. The van der Waals surface area contributed by atoms with Gasteiger partial charge in [-0.3, -0.25) is 0 Å². The zero-order valence-corrected chi connectivity index (χ0v) is 24.4. The summed E-state index contributed by atoms with van der Waals surface area (Å²) >= 11 is 0. The third kappa shape index (κ3) is 3.95. The zero-order chi connectivity index (χ0) is 27.4. The number of hydrogen-bond acceptors (Lipinski definition) is 1. The van der Waals surface area contributed by atoms with Crippen LogP contribution in [0.4, 0.5) is 11.4 Å². The van der Waals surface area contributed by atoms with Crippen LogP contribution in [0.25, 0.3) is 21.5 Å². The summed E-state index contributed by atoms with van der Waals surface area (Å²) in [4.78, 5) is 2.60. The van der Waals surface area contributed by atoms with Gasteiger partial charge in [-0.25, -0.2) is 0 Å². The Kier molecular flexibility index (Phi) is 6.25. The standard InChI is InChI=1S/C37H41N2/c1-7-8-13-25-39-31-24-22-27-16-10-12-18-29(27)35(31)37(4,5)33(39)20-14-19-32-36(2,3)34-28-17-11-9-15-26(28)21-23-30(34)38(32)6/h9-12,14-24H,7-8,13,25H2,1-6H3/q+1. The molecule has 0 N–H and O–H groups in total. The van der Waals surface area contributed by atoms with Crippen LogP contribution < -0.4 is 4.90 Å². The van der Waals surface area contributed by atoms with E-state index in [4.69, 9.17) is 0 Å². The topological polar surface area (TPSA) is 6.25 Å². The molecule has 0 unspecified atom stereocenters. The number of nitrogens with zero attached hydrogens (tertiary/aromatic N) is 2. The highest BCUT2D eigenvalue weighted by Gasteiger charge is 2.44. The van der Waals surface area contributed by atoms with Crippen LogP contribution in [0, 0.1) is 0 Å². The minimum absolute atomic E-state index is 0.0757. The van der Waals surface area contributed by atoms with Gasteiger partial charge in [0.05, 0.1) is 5.41 Å². The first-order valence-electron chi connectivity index (χ1n) is 14.6. The van der Waals surface area contributed by atoms with Crippen molar-refractivity contribution < 1.29 is 4.58 Å². The molecule has 0 radical (unpaired) electrons. The Labute approximate surface area is 234 Å². The fourth-order valence-electron chi connectivity index (χ4n) is 7.22. The monoisotopic (exact) mass is 513 g/mol. The molecule has 4 aromatic rings. The van der Waals surface area contributed by atoms with Gasteiger partial charge in [-0.1, -0.05) is 94.3 Å². The van der Waals surface area contributed by atoms with E-state index in [0.717, 1.165) is 6.54 Å². The predicted molar refractivity (Wildman–Crippen MR) is 169 cm³/mol. The third-order valence-corrected chi connectivity index (χ3v) is 9.14. The van der Waals surface area contributed by atoms with Crippen LogP contribution in [0.1, 0.15) is 65.0 Å². The normalized spacial score (nSPS) is 18.6. The quantitative estimate of drug-likeness (QED) is 0.184. The lowest BCUT2D eigenvalue weighted by Gasteiger charge is -2.27. The number of allylic oxidation sites excluding steroid dienone is 4. The summed E-state index contributed by atoms with van der Waals surface area (Å²) in [6, 6.07) is 26.8. The lowest BCUT2D eigenvalue weighted by molar-refractivity contribution is -0.401. The minimum Gasteiger partial charge on any atom is -0.344 e. The maximum Gasteiger partial charge on any atom is 0.210 e. The summed E-state index contributed by atoms with van der Waals surface area (Å²) in [6.07, 6.45) is 10.7. The molecule has 0 atom stereocenters. The van der Waals surface area contributed by atoms with Crippen molar-refractivity contribution >= 4 is 38.6 Å². The van der Waals surface area contributed by atoms with E-state index in [0.29, 0.717) is 0 Å². The van der Waals surface area contributed by atoms with E-state index < -0.39 is 0 Å². The number of rotatable bonds is 6. The van der Waals surface area contributed by atoms with Crippen molar-refractivity contribution in [2.45, 2.75) is 64.7 Å². The van der Waals surface area contributed by atoms with Gasteiger partial charge < -0.3 is 4.90 Å². The molecule has 198 valence electrons. The van der Waals surface area contributed by atoms with E-state index in [-0.39, 0.29) is 10.8 Å². The molecular weight excluding hydrogens is 472 g/mol. The van der Waals surface area contributed by atoms with E-state index in [2.05, 4.69) is 142 Å². The molecule has 6 rings (SSSR count). The van der Waals surface area contributed by atoms with Crippen LogP contribution in [0.5, 0.6) is 0 Å². The van der Waals surface area contributed by atoms with Gasteiger partial charge in [0.1, 0.15) is 7.05 Å². The number of anilines is 1. The molecule has 2 heteroatoms. The van der Waals surface area contributed by atoms with Gasteiger partial charge >= 0.3 is 0 Å². The van der Waals surface area contributed by atoms with Gasteiger partial charge in [0, 0.05) is 41.1 Å². The van der Waals surface area contributed by atoms with Crippen molar-refractivity contribution in [3.8, 4) is 0 Å². The Morgan fingerprint density at radius 1 is 0.744 bits per heavy atom. The second kappa shape index (κ2) is 9.52. The Hall–Kier alpha value is -3.65. The van der Waals surface area contributed by atoms with Crippen molar-refractivity contribution in [1.29, 1.82) is 0 Å². The summed E-state index contributed by atoms with van der Waals surface area (Å²) < 4.78 is 2.39. The van der Waals surface area contributed by atoms with E-state index in [9.17, 15) is 0 Å². The lowest BCUT2D eigenvalue weighted by atomic mass is 9.79. The second-order valence-electron chi connectivity index (χ2n) is 12.3. The van der Waals surface area contributed by atoms with Gasteiger partial charge in [-0.15, -0.1) is 0 Å². The number of fused-ring (bicyclic) bond motifs is 6. The van der Waals surface area contributed by atoms with Crippen molar-refractivity contribution in [2.24, 2.45) is 0 Å². The minimum atomic E-state index is -0.0782. The zero-order valence-electron chi connectivity index (χ0n) is 24.4. The van der Waals surface area contributed by atoms with Crippen molar-refractivity contribution in [3.05, 3.63) is 108 Å². The Balaban J connectivity index is 1.42. The summed E-state index contributed by atoms with van der Waals surface area (Å²) in [6.45, 7) is 12.9. The van der Waals surface area contributed by atoms with Crippen LogP contribution in [0.15, 0.2) is 96.7 Å². The van der Waals surface area contributed by atoms with Crippen molar-refractivity contribution in [2.75, 3.05) is 18.5 Å². The Morgan fingerprint density at radius 3 is 2.08 bits per heavy atom. The van der Waals surface area contributed by atoms with Crippen LogP contribution in [-0.2, 0) is 10.8 Å². The first-order valence-corrected chi connectivity index (χ1v) is 14.6. The van der Waals surface area contributed by atoms with E-state index in [1.54, 1.807) is 0 Å². The van der Waals surface area contributed by atoms with E-state index in [1.807, 2.05) is 0 Å². The lowest BCUT2D eigenvalue weighted by Crippen LogP contribution is -2.28. The van der Waals surface area contributed by atoms with Crippen LogP contribution in [0.3, 0.4) is 0 Å². The molecule has 2 aliphatic rings. The van der Waals surface area contributed by atoms with Gasteiger partial charge in [-0.05, 0) is 65.6 Å². The van der Waals surface area contributed by atoms with Gasteiger partial charge in [-0.2, -0.15) is 4.58 Å². The van der Waals surface area contributed by atoms with Crippen LogP contribution >= 0.6 is 0 Å². The molecule has 0 amide bonds. The van der Waals surface area contributed by atoms with E-state index in [1.165, 1.54) is 74.7 Å². The molecule has 2 aliphatic heterocycles. The van der Waals surface area contributed by atoms with Crippen LogP contribution in [-0.4, -0.2) is 23.9 Å². The molecule has 0 aromatic heterocycles. The first-order chi connectivity index (χ1) is 18.8. The average Bonchev–Trinajstić information content (AvgIpc) is 3.27. The highest BCUT2D eigenvalue weighted by Crippen LogP contribution is 2.51. The molecule has 0 saturated heterocycles. The first kappa shape index (κ1) is 25.6. The van der Waals surface area contributed by atoms with Crippen molar-refractivity contribution in [1.82, 2.24) is 0 Å².